The number of thiazole rings is 1. The molecule has 6 nitrogen and oxygen atoms in total. The standard InChI is InChI=1S/C21H28N4O2S/c1-14(26)22-9-16-5-7-17(8-6-16)19-12-25(11-18-10-23-15(2)28-18)13-20(19)21(27)24(3)4/h5-8,10,19-20H,9,11-13H2,1-4H3,(H,22,26)/t19-,20+/m1/s1. The van der Waals surface area contributed by atoms with Crippen molar-refractivity contribution in [1.29, 1.82) is 0 Å². The van der Waals surface area contributed by atoms with Gasteiger partial charge in [0.15, 0.2) is 0 Å². The molecule has 2 heterocycles. The molecule has 0 spiro atoms. The van der Waals surface area contributed by atoms with Gasteiger partial charge in [-0.3, -0.25) is 14.5 Å². The van der Waals surface area contributed by atoms with Crippen LogP contribution in [-0.2, 0) is 22.7 Å². The largest absolute Gasteiger partial charge is 0.352 e. The minimum atomic E-state index is -0.0507. The molecule has 0 unspecified atom stereocenters. The van der Waals surface area contributed by atoms with Gasteiger partial charge in [-0.25, -0.2) is 4.98 Å². The van der Waals surface area contributed by atoms with Crippen LogP contribution in [0.2, 0.25) is 0 Å². The van der Waals surface area contributed by atoms with Crippen LogP contribution in [0.1, 0.15) is 33.9 Å². The maximum atomic E-state index is 12.8. The van der Waals surface area contributed by atoms with Crippen LogP contribution in [0.5, 0.6) is 0 Å². The fourth-order valence-corrected chi connectivity index (χ4v) is 4.58. The van der Waals surface area contributed by atoms with Crippen LogP contribution in [-0.4, -0.2) is 53.8 Å². The number of aromatic nitrogens is 1. The quantitative estimate of drug-likeness (QED) is 0.809. The van der Waals surface area contributed by atoms with Gasteiger partial charge in [-0.1, -0.05) is 24.3 Å². The van der Waals surface area contributed by atoms with Crippen LogP contribution in [0.3, 0.4) is 0 Å². The summed E-state index contributed by atoms with van der Waals surface area (Å²) >= 11 is 1.71. The van der Waals surface area contributed by atoms with Gasteiger partial charge in [-0.2, -0.15) is 0 Å². The summed E-state index contributed by atoms with van der Waals surface area (Å²) < 4.78 is 0. The Bertz CT molecular complexity index is 831. The predicted molar refractivity (Wildman–Crippen MR) is 111 cm³/mol. The average Bonchev–Trinajstić information content (AvgIpc) is 3.26. The molecule has 0 bridgehead atoms. The summed E-state index contributed by atoms with van der Waals surface area (Å²) in [5, 5.41) is 3.89. The highest BCUT2D eigenvalue weighted by Crippen LogP contribution is 2.35. The van der Waals surface area contributed by atoms with Gasteiger partial charge < -0.3 is 10.2 Å². The lowest BCUT2D eigenvalue weighted by Crippen LogP contribution is -2.33. The molecule has 0 saturated carbocycles. The van der Waals surface area contributed by atoms with Crippen molar-refractivity contribution in [2.45, 2.75) is 32.9 Å². The molecule has 0 radical (unpaired) electrons. The number of nitrogens with one attached hydrogen (secondary N) is 1. The van der Waals surface area contributed by atoms with Crippen LogP contribution in [0.15, 0.2) is 30.5 Å². The molecule has 7 heteroatoms. The lowest BCUT2D eigenvalue weighted by Gasteiger charge is -2.22. The van der Waals surface area contributed by atoms with Crippen LogP contribution < -0.4 is 5.32 Å². The molecule has 0 aliphatic carbocycles. The maximum absolute atomic E-state index is 12.8. The third-order valence-electron chi connectivity index (χ3n) is 5.15. The van der Waals surface area contributed by atoms with Gasteiger partial charge >= 0.3 is 0 Å². The van der Waals surface area contributed by atoms with E-state index >= 15 is 0 Å². The fourth-order valence-electron chi connectivity index (χ4n) is 3.74. The number of benzene rings is 1. The van der Waals surface area contributed by atoms with Crippen molar-refractivity contribution in [3.8, 4) is 0 Å². The molecule has 3 rings (SSSR count). The number of rotatable bonds is 6. The zero-order valence-electron chi connectivity index (χ0n) is 16.9. The van der Waals surface area contributed by atoms with Crippen molar-refractivity contribution < 1.29 is 9.59 Å². The molecule has 1 aliphatic rings. The monoisotopic (exact) mass is 400 g/mol. The third kappa shape index (κ3) is 4.97. The molecule has 2 atom stereocenters. The van der Waals surface area contributed by atoms with Gasteiger partial charge in [0, 0.05) is 64.2 Å². The minimum Gasteiger partial charge on any atom is -0.352 e. The number of hydrogen-bond donors (Lipinski definition) is 1. The Morgan fingerprint density at radius 1 is 1.25 bits per heavy atom. The summed E-state index contributed by atoms with van der Waals surface area (Å²) in [6.45, 7) is 6.50. The normalized spacial score (nSPS) is 19.6. The van der Waals surface area contributed by atoms with Gasteiger partial charge in [-0.05, 0) is 18.1 Å². The van der Waals surface area contributed by atoms with E-state index in [0.717, 1.165) is 30.2 Å². The first-order chi connectivity index (χ1) is 13.3. The first kappa shape index (κ1) is 20.5. The van der Waals surface area contributed by atoms with Gasteiger partial charge in [0.1, 0.15) is 0 Å². The number of aryl methyl sites for hydroxylation is 1. The van der Waals surface area contributed by atoms with E-state index in [1.54, 1.807) is 16.2 Å². The molecule has 1 saturated heterocycles. The van der Waals surface area contributed by atoms with E-state index in [2.05, 4.69) is 27.3 Å². The Morgan fingerprint density at radius 2 is 1.96 bits per heavy atom. The van der Waals surface area contributed by atoms with E-state index in [4.69, 9.17) is 0 Å². The van der Waals surface area contributed by atoms with Gasteiger partial charge in [0.05, 0.1) is 10.9 Å². The SMILES string of the molecule is CC(=O)NCc1ccc([C@H]2CN(Cc3cnc(C)s3)C[C@@H]2C(=O)N(C)C)cc1. The third-order valence-corrected chi connectivity index (χ3v) is 6.05. The number of amides is 2. The zero-order chi connectivity index (χ0) is 20.3. The van der Waals surface area contributed by atoms with E-state index in [9.17, 15) is 9.59 Å². The molecular formula is C21H28N4O2S. The van der Waals surface area contributed by atoms with Crippen LogP contribution >= 0.6 is 11.3 Å². The Kier molecular flexibility index (Phi) is 6.46. The van der Waals surface area contributed by atoms with Crippen molar-refractivity contribution in [1.82, 2.24) is 20.1 Å². The highest BCUT2D eigenvalue weighted by molar-refractivity contribution is 7.11. The summed E-state index contributed by atoms with van der Waals surface area (Å²) in [6.07, 6.45) is 1.94. The Hall–Kier alpha value is -2.25. The van der Waals surface area contributed by atoms with Gasteiger partial charge in [-0.15, -0.1) is 11.3 Å². The Balaban J connectivity index is 1.75. The Labute approximate surface area is 170 Å². The molecular weight excluding hydrogens is 372 g/mol. The molecule has 2 aromatic rings. The summed E-state index contributed by atoms with van der Waals surface area (Å²) in [4.78, 5) is 33.6. The number of hydrogen-bond acceptors (Lipinski definition) is 5. The number of likely N-dealkylation sites (tertiary alicyclic amines) is 1. The van der Waals surface area contributed by atoms with Crippen molar-refractivity contribution >= 4 is 23.2 Å². The second-order valence-electron chi connectivity index (χ2n) is 7.64. The smallest absolute Gasteiger partial charge is 0.227 e. The van der Waals surface area contributed by atoms with E-state index in [1.807, 2.05) is 39.3 Å². The molecule has 2 amide bonds. The van der Waals surface area contributed by atoms with Crippen molar-refractivity contribution in [2.24, 2.45) is 5.92 Å². The zero-order valence-corrected chi connectivity index (χ0v) is 17.8. The predicted octanol–water partition coefficient (Wildman–Crippen LogP) is 2.39. The lowest BCUT2D eigenvalue weighted by atomic mass is 9.87. The highest BCUT2D eigenvalue weighted by atomic mass is 32.1. The molecule has 1 N–H and O–H groups in total. The van der Waals surface area contributed by atoms with E-state index in [1.165, 1.54) is 17.4 Å². The van der Waals surface area contributed by atoms with E-state index < -0.39 is 0 Å². The first-order valence-corrected chi connectivity index (χ1v) is 10.3. The lowest BCUT2D eigenvalue weighted by molar-refractivity contribution is -0.133. The summed E-state index contributed by atoms with van der Waals surface area (Å²) in [5.41, 5.74) is 2.24. The Morgan fingerprint density at radius 3 is 2.54 bits per heavy atom. The number of nitrogens with zero attached hydrogens (tertiary/aromatic N) is 3. The van der Waals surface area contributed by atoms with E-state index in [0.29, 0.717) is 6.54 Å². The first-order valence-electron chi connectivity index (χ1n) is 9.51. The van der Waals surface area contributed by atoms with Crippen molar-refractivity contribution in [2.75, 3.05) is 27.2 Å². The van der Waals surface area contributed by atoms with E-state index in [-0.39, 0.29) is 23.7 Å². The summed E-state index contributed by atoms with van der Waals surface area (Å²) in [6, 6.07) is 8.27. The van der Waals surface area contributed by atoms with Crippen LogP contribution in [0.25, 0.3) is 0 Å². The second-order valence-corrected chi connectivity index (χ2v) is 8.96. The molecule has 1 aromatic carbocycles. The molecule has 1 aromatic heterocycles. The highest BCUT2D eigenvalue weighted by Gasteiger charge is 2.39. The van der Waals surface area contributed by atoms with Crippen molar-refractivity contribution in [3.05, 3.63) is 51.5 Å². The van der Waals surface area contributed by atoms with Crippen LogP contribution in [0, 0.1) is 12.8 Å². The second kappa shape index (κ2) is 8.84. The summed E-state index contributed by atoms with van der Waals surface area (Å²) in [7, 11) is 3.65. The van der Waals surface area contributed by atoms with Crippen molar-refractivity contribution in [3.63, 3.8) is 0 Å². The average molecular weight is 401 g/mol. The van der Waals surface area contributed by atoms with Gasteiger partial charge in [0.25, 0.3) is 0 Å². The number of carbonyl (C=O) groups excluding carboxylic acids is 2. The number of carbonyl (C=O) groups is 2. The maximum Gasteiger partial charge on any atom is 0.227 e. The molecule has 1 fully saturated rings. The topological polar surface area (TPSA) is 65.5 Å². The van der Waals surface area contributed by atoms with Gasteiger partial charge in [0.2, 0.25) is 11.8 Å². The molecule has 1 aliphatic heterocycles. The summed E-state index contributed by atoms with van der Waals surface area (Å²) in [5.74, 6) is 0.254. The van der Waals surface area contributed by atoms with Crippen LogP contribution in [0.4, 0.5) is 0 Å². The minimum absolute atomic E-state index is 0.0366. The molecule has 28 heavy (non-hydrogen) atoms. The molecule has 150 valence electrons. The fraction of sp³-hybridized carbons (Fsp3) is 0.476.